The molecule has 2 aliphatic heterocycles. The van der Waals surface area contributed by atoms with Crippen LogP contribution in [0.5, 0.6) is 0 Å². The maximum absolute atomic E-state index is 14.4. The minimum absolute atomic E-state index is 0.00590. The van der Waals surface area contributed by atoms with E-state index in [2.05, 4.69) is 80.3 Å². The molecule has 0 bridgehead atoms. The summed E-state index contributed by atoms with van der Waals surface area (Å²) in [5, 5.41) is 0.651. The summed E-state index contributed by atoms with van der Waals surface area (Å²) in [6, 6.07) is 35.6. The van der Waals surface area contributed by atoms with Crippen LogP contribution in [0, 0.1) is 5.82 Å². The highest BCUT2D eigenvalue weighted by atomic mass is 35.5. The molecule has 4 aromatic rings. The van der Waals surface area contributed by atoms with Crippen molar-refractivity contribution in [3.63, 3.8) is 0 Å². The van der Waals surface area contributed by atoms with Crippen molar-refractivity contribution in [2.24, 2.45) is 0 Å². The SMILES string of the molecule is CCC(=O)N(CC1(N2CCN(Cc3ccccc3)CC2)CC1)c1ccccc1Cl.CCC(=O)N(CC1(N2CCN(Cc3ccccc3)CC2)CC1)c1ccccc1F. The molecule has 2 amide bonds. The van der Waals surface area contributed by atoms with E-state index >= 15 is 0 Å². The summed E-state index contributed by atoms with van der Waals surface area (Å²) in [6.07, 6.45) is 5.34. The van der Waals surface area contributed by atoms with Crippen LogP contribution in [-0.4, -0.2) is 108 Å². The van der Waals surface area contributed by atoms with E-state index in [1.165, 1.54) is 17.2 Å². The fraction of sp³-hybridized carbons (Fsp3) is 0.458. The lowest BCUT2D eigenvalue weighted by atomic mass is 10.1. The molecule has 0 aromatic heterocycles. The molecule has 2 heterocycles. The van der Waals surface area contributed by atoms with E-state index in [4.69, 9.17) is 11.6 Å². The highest BCUT2D eigenvalue weighted by molar-refractivity contribution is 6.33. The third-order valence-corrected chi connectivity index (χ3v) is 13.0. The molecular formula is C48H60ClFN6O2. The standard InChI is InChI=1S/C24H30ClN3O.C24H30FN3O/c2*1-2-23(29)28(22-11-7-6-10-21(22)25)19-24(12-13-24)27-16-14-26(15-17-27)18-20-8-4-3-5-9-20/h2*3-11H,2,12-19H2,1H3. The van der Waals surface area contributed by atoms with E-state index in [0.29, 0.717) is 30.1 Å². The summed E-state index contributed by atoms with van der Waals surface area (Å²) in [4.78, 5) is 39.2. The van der Waals surface area contributed by atoms with Gasteiger partial charge in [0.05, 0.1) is 16.4 Å². The van der Waals surface area contributed by atoms with Crippen LogP contribution in [0.3, 0.4) is 0 Å². The van der Waals surface area contributed by atoms with Gasteiger partial charge in [-0.1, -0.05) is 110 Å². The number of halogens is 2. The number of hydrogen-bond acceptors (Lipinski definition) is 6. The summed E-state index contributed by atoms with van der Waals surface area (Å²) in [7, 11) is 0. The summed E-state index contributed by atoms with van der Waals surface area (Å²) < 4.78 is 14.4. The quantitative estimate of drug-likeness (QED) is 0.128. The zero-order valence-corrected chi connectivity index (χ0v) is 35.1. The number of anilines is 2. The fourth-order valence-corrected chi connectivity index (χ4v) is 9.05. The van der Waals surface area contributed by atoms with Gasteiger partial charge in [0.15, 0.2) is 0 Å². The van der Waals surface area contributed by atoms with E-state index < -0.39 is 0 Å². The first-order chi connectivity index (χ1) is 28.2. The van der Waals surface area contributed by atoms with Gasteiger partial charge in [-0.05, 0) is 61.1 Å². The Hall–Kier alpha value is -4.12. The summed E-state index contributed by atoms with van der Waals surface area (Å²) in [6.45, 7) is 15.4. The molecule has 0 radical (unpaired) electrons. The molecule has 4 aliphatic rings. The van der Waals surface area contributed by atoms with Gasteiger partial charge in [0.2, 0.25) is 11.8 Å². The van der Waals surface area contributed by atoms with Gasteiger partial charge in [0.1, 0.15) is 5.82 Å². The topological polar surface area (TPSA) is 53.6 Å². The Bertz CT molecular complexity index is 1800. The molecule has 10 heteroatoms. The smallest absolute Gasteiger partial charge is 0.226 e. The number of para-hydroxylation sites is 2. The van der Waals surface area contributed by atoms with Gasteiger partial charge >= 0.3 is 0 Å². The number of benzene rings is 4. The molecule has 0 atom stereocenters. The predicted octanol–water partition coefficient (Wildman–Crippen LogP) is 8.35. The van der Waals surface area contributed by atoms with Gasteiger partial charge in [-0.25, -0.2) is 4.39 Å². The average molecular weight is 807 g/mol. The molecule has 2 saturated carbocycles. The summed E-state index contributed by atoms with van der Waals surface area (Å²) >= 11 is 6.44. The lowest BCUT2D eigenvalue weighted by Gasteiger charge is -2.41. The first-order valence-electron chi connectivity index (χ1n) is 21.3. The molecule has 2 saturated heterocycles. The first kappa shape index (κ1) is 42.0. The van der Waals surface area contributed by atoms with Gasteiger partial charge in [-0.2, -0.15) is 0 Å². The van der Waals surface area contributed by atoms with Crippen molar-refractivity contribution in [3.05, 3.63) is 131 Å². The van der Waals surface area contributed by atoms with Gasteiger partial charge in [-0.3, -0.25) is 29.2 Å². The second kappa shape index (κ2) is 19.3. The monoisotopic (exact) mass is 806 g/mol. The average Bonchev–Trinajstić information content (AvgIpc) is 4.21. The maximum Gasteiger partial charge on any atom is 0.226 e. The fourth-order valence-electron chi connectivity index (χ4n) is 8.81. The number of carbonyl (C=O) groups excluding carboxylic acids is 2. The lowest BCUT2D eigenvalue weighted by Crippen LogP contribution is -2.55. The van der Waals surface area contributed by atoms with Crippen LogP contribution in [-0.2, 0) is 22.7 Å². The maximum atomic E-state index is 14.4. The van der Waals surface area contributed by atoms with Crippen molar-refractivity contribution in [2.75, 3.05) is 75.2 Å². The van der Waals surface area contributed by atoms with Crippen LogP contribution >= 0.6 is 11.6 Å². The number of piperazine rings is 2. The molecule has 0 unspecified atom stereocenters. The van der Waals surface area contributed by atoms with Gasteiger partial charge in [0, 0.05) is 102 Å². The van der Waals surface area contributed by atoms with E-state index in [0.717, 1.165) is 103 Å². The molecule has 308 valence electrons. The second-order valence-corrected chi connectivity index (χ2v) is 16.9. The lowest BCUT2D eigenvalue weighted by molar-refractivity contribution is -0.119. The van der Waals surface area contributed by atoms with Crippen LogP contribution in [0.25, 0.3) is 0 Å². The Balaban J connectivity index is 0.000000177. The van der Waals surface area contributed by atoms with E-state index in [1.807, 2.05) is 43.0 Å². The summed E-state index contributed by atoms with van der Waals surface area (Å²) in [5.41, 5.74) is 4.10. The van der Waals surface area contributed by atoms with Crippen molar-refractivity contribution in [2.45, 2.75) is 76.5 Å². The molecule has 0 N–H and O–H groups in total. The summed E-state index contributed by atoms with van der Waals surface area (Å²) in [5.74, 6) is -0.186. The third kappa shape index (κ3) is 10.4. The third-order valence-electron chi connectivity index (χ3n) is 12.6. The van der Waals surface area contributed by atoms with Gasteiger partial charge < -0.3 is 9.80 Å². The minimum atomic E-state index is -0.321. The largest absolute Gasteiger partial charge is 0.309 e. The predicted molar refractivity (Wildman–Crippen MR) is 234 cm³/mol. The van der Waals surface area contributed by atoms with Crippen molar-refractivity contribution >= 4 is 34.8 Å². The van der Waals surface area contributed by atoms with Crippen LogP contribution in [0.15, 0.2) is 109 Å². The van der Waals surface area contributed by atoms with Gasteiger partial charge in [-0.15, -0.1) is 0 Å². The number of nitrogens with zero attached hydrogens (tertiary/aromatic N) is 6. The van der Waals surface area contributed by atoms with E-state index in [9.17, 15) is 14.0 Å². The molecule has 58 heavy (non-hydrogen) atoms. The number of amides is 2. The molecule has 0 spiro atoms. The Labute approximate surface area is 350 Å². The highest BCUT2D eigenvalue weighted by Crippen LogP contribution is 2.45. The van der Waals surface area contributed by atoms with Crippen LogP contribution in [0.4, 0.5) is 15.8 Å². The Morgan fingerprint density at radius 2 is 0.931 bits per heavy atom. The molecular weight excluding hydrogens is 747 g/mol. The highest BCUT2D eigenvalue weighted by Gasteiger charge is 2.51. The minimum Gasteiger partial charge on any atom is -0.309 e. The zero-order chi connectivity index (χ0) is 40.5. The molecule has 8 rings (SSSR count). The van der Waals surface area contributed by atoms with Gasteiger partial charge in [0.25, 0.3) is 0 Å². The molecule has 4 aromatic carbocycles. The van der Waals surface area contributed by atoms with Crippen LogP contribution in [0.2, 0.25) is 5.02 Å². The van der Waals surface area contributed by atoms with E-state index in [1.54, 1.807) is 23.1 Å². The molecule has 8 nitrogen and oxygen atoms in total. The Morgan fingerprint density at radius 3 is 1.33 bits per heavy atom. The van der Waals surface area contributed by atoms with Crippen molar-refractivity contribution in [1.82, 2.24) is 19.6 Å². The Morgan fingerprint density at radius 1 is 0.552 bits per heavy atom. The molecule has 2 aliphatic carbocycles. The van der Waals surface area contributed by atoms with Crippen LogP contribution < -0.4 is 9.80 Å². The van der Waals surface area contributed by atoms with Crippen LogP contribution in [0.1, 0.15) is 63.5 Å². The van der Waals surface area contributed by atoms with E-state index in [-0.39, 0.29) is 28.7 Å². The van der Waals surface area contributed by atoms with Crippen molar-refractivity contribution in [1.29, 1.82) is 0 Å². The second-order valence-electron chi connectivity index (χ2n) is 16.5. The Kier molecular flexibility index (Phi) is 14.0. The zero-order valence-electron chi connectivity index (χ0n) is 34.4. The normalized spacial score (nSPS) is 19.1. The number of hydrogen-bond donors (Lipinski definition) is 0. The first-order valence-corrected chi connectivity index (χ1v) is 21.7. The van der Waals surface area contributed by atoms with Crippen molar-refractivity contribution in [3.8, 4) is 0 Å². The number of rotatable bonds is 14. The number of carbonyl (C=O) groups is 2. The molecule has 4 fully saturated rings. The van der Waals surface area contributed by atoms with Crippen molar-refractivity contribution < 1.29 is 14.0 Å².